The molecule has 2 heterocycles. The molecule has 0 bridgehead atoms. The third-order valence-corrected chi connectivity index (χ3v) is 3.96. The number of carbonyl (C=O) groups excluding carboxylic acids is 1. The van der Waals surface area contributed by atoms with Crippen molar-refractivity contribution >= 4 is 5.91 Å². The van der Waals surface area contributed by atoms with Gasteiger partial charge in [0.25, 0.3) is 5.91 Å². The predicted octanol–water partition coefficient (Wildman–Crippen LogP) is 1.79. The largest absolute Gasteiger partial charge is 0.484 e. The molecule has 0 unspecified atom stereocenters. The molecule has 5 nitrogen and oxygen atoms in total. The molecule has 114 valence electrons. The highest BCUT2D eigenvalue weighted by Crippen LogP contribution is 2.16. The van der Waals surface area contributed by atoms with Crippen molar-refractivity contribution in [2.75, 3.05) is 19.7 Å². The summed E-state index contributed by atoms with van der Waals surface area (Å²) in [7, 11) is 0. The second kappa shape index (κ2) is 6.56. The first kappa shape index (κ1) is 14.5. The maximum atomic E-state index is 12.3. The predicted molar refractivity (Wildman–Crippen MR) is 82.7 cm³/mol. The van der Waals surface area contributed by atoms with E-state index in [0.29, 0.717) is 13.1 Å². The molecule has 1 aliphatic heterocycles. The fourth-order valence-electron chi connectivity index (χ4n) is 2.69. The molecule has 0 saturated carbocycles. The SMILES string of the molecule is Cc1ncnc2c1CCN(C(=O)COc1ccccc1)CC2. The molecule has 0 atom stereocenters. The van der Waals surface area contributed by atoms with Crippen LogP contribution in [-0.4, -0.2) is 40.5 Å². The molecule has 1 aromatic heterocycles. The highest BCUT2D eigenvalue weighted by molar-refractivity contribution is 5.77. The van der Waals surface area contributed by atoms with Gasteiger partial charge < -0.3 is 9.64 Å². The van der Waals surface area contributed by atoms with Crippen molar-refractivity contribution in [1.82, 2.24) is 14.9 Å². The molecule has 0 spiro atoms. The molecular weight excluding hydrogens is 278 g/mol. The van der Waals surface area contributed by atoms with E-state index in [1.807, 2.05) is 42.2 Å². The molecular formula is C17H19N3O2. The van der Waals surface area contributed by atoms with Gasteiger partial charge in [-0.25, -0.2) is 9.97 Å². The summed E-state index contributed by atoms with van der Waals surface area (Å²) in [6.07, 6.45) is 3.18. The van der Waals surface area contributed by atoms with E-state index in [2.05, 4.69) is 9.97 Å². The summed E-state index contributed by atoms with van der Waals surface area (Å²) in [5.74, 6) is 0.734. The molecule has 5 heteroatoms. The van der Waals surface area contributed by atoms with Crippen molar-refractivity contribution in [2.24, 2.45) is 0 Å². The van der Waals surface area contributed by atoms with E-state index in [1.54, 1.807) is 6.33 Å². The second-order valence-electron chi connectivity index (χ2n) is 5.37. The number of hydrogen-bond donors (Lipinski definition) is 0. The maximum absolute atomic E-state index is 12.3. The Labute approximate surface area is 130 Å². The molecule has 0 aliphatic carbocycles. The molecule has 3 rings (SSSR count). The molecule has 0 fully saturated rings. The molecule has 1 amide bonds. The Morgan fingerprint density at radius 3 is 2.77 bits per heavy atom. The minimum atomic E-state index is 0.0160. The number of aromatic nitrogens is 2. The fraction of sp³-hybridized carbons (Fsp3) is 0.353. The van der Waals surface area contributed by atoms with Crippen molar-refractivity contribution in [3.8, 4) is 5.75 Å². The molecule has 0 radical (unpaired) electrons. The van der Waals surface area contributed by atoms with Gasteiger partial charge in [0, 0.05) is 30.9 Å². The van der Waals surface area contributed by atoms with E-state index in [4.69, 9.17) is 4.74 Å². The van der Waals surface area contributed by atoms with Crippen LogP contribution >= 0.6 is 0 Å². The minimum Gasteiger partial charge on any atom is -0.484 e. The van der Waals surface area contributed by atoms with Crippen LogP contribution in [0.5, 0.6) is 5.75 Å². The Balaban J connectivity index is 1.60. The van der Waals surface area contributed by atoms with Gasteiger partial charge in [0.2, 0.25) is 0 Å². The average molecular weight is 297 g/mol. The van der Waals surface area contributed by atoms with Crippen LogP contribution in [0.2, 0.25) is 0 Å². The zero-order chi connectivity index (χ0) is 15.4. The van der Waals surface area contributed by atoms with E-state index in [9.17, 15) is 4.79 Å². The summed E-state index contributed by atoms with van der Waals surface area (Å²) in [5, 5.41) is 0. The summed E-state index contributed by atoms with van der Waals surface area (Å²) < 4.78 is 5.54. The van der Waals surface area contributed by atoms with Gasteiger partial charge in [0.1, 0.15) is 12.1 Å². The quantitative estimate of drug-likeness (QED) is 0.867. The Hall–Kier alpha value is -2.43. The number of benzene rings is 1. The van der Waals surface area contributed by atoms with Gasteiger partial charge in [0.05, 0.1) is 0 Å². The number of aryl methyl sites for hydroxylation is 1. The van der Waals surface area contributed by atoms with E-state index in [0.717, 1.165) is 30.0 Å². The number of nitrogens with zero attached hydrogens (tertiary/aromatic N) is 3. The first-order chi connectivity index (χ1) is 10.7. The molecule has 0 saturated heterocycles. The zero-order valence-electron chi connectivity index (χ0n) is 12.7. The van der Waals surface area contributed by atoms with Crippen LogP contribution in [0.1, 0.15) is 17.0 Å². The number of carbonyl (C=O) groups is 1. The number of amides is 1. The topological polar surface area (TPSA) is 55.3 Å². The lowest BCUT2D eigenvalue weighted by molar-refractivity contribution is -0.133. The summed E-state index contributed by atoms with van der Waals surface area (Å²) in [5.41, 5.74) is 3.26. The number of fused-ring (bicyclic) bond motifs is 1. The maximum Gasteiger partial charge on any atom is 0.260 e. The smallest absolute Gasteiger partial charge is 0.260 e. The Bertz CT molecular complexity index is 658. The lowest BCUT2D eigenvalue weighted by atomic mass is 10.1. The van der Waals surface area contributed by atoms with Gasteiger partial charge in [-0.15, -0.1) is 0 Å². The monoisotopic (exact) mass is 297 g/mol. The lowest BCUT2D eigenvalue weighted by Gasteiger charge is -2.20. The van der Waals surface area contributed by atoms with E-state index in [1.165, 1.54) is 5.56 Å². The molecule has 0 N–H and O–H groups in total. The van der Waals surface area contributed by atoms with E-state index >= 15 is 0 Å². The van der Waals surface area contributed by atoms with Crippen molar-refractivity contribution in [3.05, 3.63) is 53.6 Å². The third kappa shape index (κ3) is 3.24. The van der Waals surface area contributed by atoms with Gasteiger partial charge in [-0.05, 0) is 31.0 Å². The van der Waals surface area contributed by atoms with Crippen LogP contribution in [0.15, 0.2) is 36.7 Å². The van der Waals surface area contributed by atoms with Gasteiger partial charge in [-0.3, -0.25) is 4.79 Å². The Kier molecular flexibility index (Phi) is 4.32. The standard InChI is InChI=1S/C17H19N3O2/c1-13-15-7-9-20(10-8-16(15)19-12-18-13)17(21)11-22-14-5-3-2-4-6-14/h2-6,12H,7-11H2,1H3. The summed E-state index contributed by atoms with van der Waals surface area (Å²) in [6.45, 7) is 3.44. The van der Waals surface area contributed by atoms with Crippen molar-refractivity contribution in [3.63, 3.8) is 0 Å². The number of hydrogen-bond acceptors (Lipinski definition) is 4. The van der Waals surface area contributed by atoms with Crippen molar-refractivity contribution in [1.29, 1.82) is 0 Å². The highest BCUT2D eigenvalue weighted by atomic mass is 16.5. The second-order valence-corrected chi connectivity index (χ2v) is 5.37. The fourth-order valence-corrected chi connectivity index (χ4v) is 2.69. The van der Waals surface area contributed by atoms with Crippen LogP contribution < -0.4 is 4.74 Å². The van der Waals surface area contributed by atoms with Crippen LogP contribution in [0.3, 0.4) is 0 Å². The van der Waals surface area contributed by atoms with Gasteiger partial charge in [0.15, 0.2) is 6.61 Å². The van der Waals surface area contributed by atoms with Gasteiger partial charge in [-0.2, -0.15) is 0 Å². The average Bonchev–Trinajstić information content (AvgIpc) is 2.77. The van der Waals surface area contributed by atoms with Gasteiger partial charge >= 0.3 is 0 Å². The Morgan fingerprint density at radius 2 is 1.95 bits per heavy atom. The van der Waals surface area contributed by atoms with Gasteiger partial charge in [-0.1, -0.05) is 18.2 Å². The summed E-state index contributed by atoms with van der Waals surface area (Å²) in [4.78, 5) is 22.8. The summed E-state index contributed by atoms with van der Waals surface area (Å²) in [6, 6.07) is 9.41. The van der Waals surface area contributed by atoms with Crippen LogP contribution in [0, 0.1) is 6.92 Å². The van der Waals surface area contributed by atoms with E-state index < -0.39 is 0 Å². The molecule has 2 aromatic rings. The third-order valence-electron chi connectivity index (χ3n) is 3.96. The summed E-state index contributed by atoms with van der Waals surface area (Å²) >= 11 is 0. The lowest BCUT2D eigenvalue weighted by Crippen LogP contribution is -2.36. The van der Waals surface area contributed by atoms with Crippen molar-refractivity contribution < 1.29 is 9.53 Å². The minimum absolute atomic E-state index is 0.0160. The van der Waals surface area contributed by atoms with Crippen molar-refractivity contribution in [2.45, 2.75) is 19.8 Å². The first-order valence-electron chi connectivity index (χ1n) is 7.49. The number of ether oxygens (including phenoxy) is 1. The highest BCUT2D eigenvalue weighted by Gasteiger charge is 2.20. The first-order valence-corrected chi connectivity index (χ1v) is 7.49. The molecule has 1 aliphatic rings. The van der Waals surface area contributed by atoms with Crippen LogP contribution in [-0.2, 0) is 17.6 Å². The molecule has 22 heavy (non-hydrogen) atoms. The number of para-hydroxylation sites is 1. The Morgan fingerprint density at radius 1 is 1.18 bits per heavy atom. The normalized spacial score (nSPS) is 14.1. The number of rotatable bonds is 3. The van der Waals surface area contributed by atoms with E-state index in [-0.39, 0.29) is 12.5 Å². The molecule has 1 aromatic carbocycles. The van der Waals surface area contributed by atoms with Crippen LogP contribution in [0.4, 0.5) is 0 Å². The van der Waals surface area contributed by atoms with Crippen LogP contribution in [0.25, 0.3) is 0 Å². The zero-order valence-corrected chi connectivity index (χ0v) is 12.7.